The molecule has 3 heterocycles. The van der Waals surface area contributed by atoms with Gasteiger partial charge in [-0.1, -0.05) is 0 Å². The lowest BCUT2D eigenvalue weighted by atomic mass is 10.1. The van der Waals surface area contributed by atoms with E-state index in [2.05, 4.69) is 0 Å². The summed E-state index contributed by atoms with van der Waals surface area (Å²) in [6.45, 7) is 7.68. The molecule has 104 valence electrons. The van der Waals surface area contributed by atoms with E-state index in [1.165, 1.54) is 0 Å². The summed E-state index contributed by atoms with van der Waals surface area (Å²) in [6, 6.07) is 0. The molecule has 3 aliphatic rings. The van der Waals surface area contributed by atoms with Gasteiger partial charge in [0.2, 0.25) is 0 Å². The molecular formula is C12H20O6. The molecule has 0 aromatic carbocycles. The minimum Gasteiger partial charge on any atom is -0.387 e. The van der Waals surface area contributed by atoms with Crippen molar-refractivity contribution in [3.05, 3.63) is 0 Å². The summed E-state index contributed by atoms with van der Waals surface area (Å²) in [4.78, 5) is 0. The second-order valence-corrected chi connectivity index (χ2v) is 5.93. The Bertz CT molecular complexity index is 341. The van der Waals surface area contributed by atoms with Crippen LogP contribution in [0.15, 0.2) is 0 Å². The van der Waals surface area contributed by atoms with E-state index < -0.39 is 36.2 Å². The van der Waals surface area contributed by atoms with Gasteiger partial charge in [-0.05, 0) is 27.7 Å². The molecule has 3 rings (SSSR count). The third kappa shape index (κ3) is 2.07. The van der Waals surface area contributed by atoms with Crippen LogP contribution in [0.3, 0.4) is 0 Å². The zero-order chi connectivity index (χ0) is 13.1. The first kappa shape index (κ1) is 12.8. The van der Waals surface area contributed by atoms with Crippen LogP contribution in [-0.4, -0.2) is 54.0 Å². The second-order valence-electron chi connectivity index (χ2n) is 5.93. The van der Waals surface area contributed by atoms with E-state index in [0.29, 0.717) is 6.61 Å². The number of fused-ring (bicyclic) bond motifs is 1. The van der Waals surface area contributed by atoms with Gasteiger partial charge in [-0.25, -0.2) is 0 Å². The molecule has 18 heavy (non-hydrogen) atoms. The second kappa shape index (κ2) is 3.88. The van der Waals surface area contributed by atoms with Crippen LogP contribution >= 0.6 is 0 Å². The molecule has 3 aliphatic heterocycles. The van der Waals surface area contributed by atoms with Crippen molar-refractivity contribution in [3.63, 3.8) is 0 Å². The van der Waals surface area contributed by atoms with Crippen molar-refractivity contribution >= 4 is 0 Å². The molecule has 6 nitrogen and oxygen atoms in total. The molecule has 0 amide bonds. The van der Waals surface area contributed by atoms with Gasteiger partial charge in [0.05, 0.1) is 6.61 Å². The first-order chi connectivity index (χ1) is 8.27. The van der Waals surface area contributed by atoms with E-state index in [4.69, 9.17) is 23.7 Å². The smallest absolute Gasteiger partial charge is 0.190 e. The van der Waals surface area contributed by atoms with Gasteiger partial charge in [-0.2, -0.15) is 0 Å². The maximum absolute atomic E-state index is 10.3. The van der Waals surface area contributed by atoms with E-state index in [9.17, 15) is 5.11 Å². The van der Waals surface area contributed by atoms with Crippen molar-refractivity contribution in [2.45, 2.75) is 70.0 Å². The molecule has 3 saturated heterocycles. The molecular weight excluding hydrogens is 240 g/mol. The summed E-state index contributed by atoms with van der Waals surface area (Å²) in [5, 5.41) is 10.3. The Labute approximate surface area is 106 Å². The highest BCUT2D eigenvalue weighted by Gasteiger charge is 2.57. The Hall–Kier alpha value is -0.240. The summed E-state index contributed by atoms with van der Waals surface area (Å²) in [7, 11) is 0. The van der Waals surface area contributed by atoms with Gasteiger partial charge in [-0.3, -0.25) is 0 Å². The molecule has 0 aromatic rings. The third-order valence-electron chi connectivity index (χ3n) is 3.45. The summed E-state index contributed by atoms with van der Waals surface area (Å²) in [6.07, 6.45) is -2.53. The molecule has 1 N–H and O–H groups in total. The molecule has 0 aromatic heterocycles. The van der Waals surface area contributed by atoms with Crippen LogP contribution in [0.2, 0.25) is 0 Å². The number of hydrogen-bond donors (Lipinski definition) is 1. The van der Waals surface area contributed by atoms with E-state index >= 15 is 0 Å². The van der Waals surface area contributed by atoms with Gasteiger partial charge in [-0.15, -0.1) is 0 Å². The Morgan fingerprint density at radius 1 is 0.944 bits per heavy atom. The number of hydrogen-bond acceptors (Lipinski definition) is 6. The van der Waals surface area contributed by atoms with Crippen molar-refractivity contribution in [3.8, 4) is 0 Å². The largest absolute Gasteiger partial charge is 0.387 e. The average molecular weight is 260 g/mol. The van der Waals surface area contributed by atoms with E-state index in [0.717, 1.165) is 0 Å². The zero-order valence-electron chi connectivity index (χ0n) is 11.1. The van der Waals surface area contributed by atoms with Crippen LogP contribution < -0.4 is 0 Å². The normalized spacial score (nSPS) is 49.5. The standard InChI is InChI=1S/C12H20O6/c1-11(2)14-5-6(16-11)8-7(13)9-10(15-8)18-12(3,4)17-9/h6-10,13H,5H2,1-4H3/t6?,7-,8-,9-,10-/m0/s1. The Kier molecular flexibility index (Phi) is 2.75. The van der Waals surface area contributed by atoms with Crippen molar-refractivity contribution in [1.29, 1.82) is 0 Å². The number of rotatable bonds is 1. The van der Waals surface area contributed by atoms with Crippen molar-refractivity contribution in [2.75, 3.05) is 6.61 Å². The molecule has 0 radical (unpaired) electrons. The molecule has 0 saturated carbocycles. The molecule has 5 atom stereocenters. The summed E-state index contributed by atoms with van der Waals surface area (Å²) in [5.74, 6) is -1.35. The number of ether oxygens (including phenoxy) is 5. The number of aliphatic hydroxyl groups is 1. The highest BCUT2D eigenvalue weighted by molar-refractivity contribution is 4.97. The van der Waals surface area contributed by atoms with Gasteiger partial charge in [0, 0.05) is 0 Å². The molecule has 0 aliphatic carbocycles. The maximum Gasteiger partial charge on any atom is 0.190 e. The van der Waals surface area contributed by atoms with Crippen LogP contribution in [0.5, 0.6) is 0 Å². The fraction of sp³-hybridized carbons (Fsp3) is 1.00. The fourth-order valence-corrected chi connectivity index (χ4v) is 2.70. The van der Waals surface area contributed by atoms with Crippen molar-refractivity contribution in [1.82, 2.24) is 0 Å². The third-order valence-corrected chi connectivity index (χ3v) is 3.45. The van der Waals surface area contributed by atoms with E-state index in [1.54, 1.807) is 13.8 Å². The van der Waals surface area contributed by atoms with Crippen LogP contribution in [-0.2, 0) is 23.7 Å². The van der Waals surface area contributed by atoms with Crippen molar-refractivity contribution in [2.24, 2.45) is 0 Å². The van der Waals surface area contributed by atoms with Gasteiger partial charge >= 0.3 is 0 Å². The summed E-state index contributed by atoms with van der Waals surface area (Å²) < 4.78 is 28.1. The maximum atomic E-state index is 10.3. The fourth-order valence-electron chi connectivity index (χ4n) is 2.70. The Morgan fingerprint density at radius 3 is 2.22 bits per heavy atom. The van der Waals surface area contributed by atoms with E-state index in [-0.39, 0.29) is 6.10 Å². The minimum absolute atomic E-state index is 0.295. The quantitative estimate of drug-likeness (QED) is 0.735. The molecule has 1 unspecified atom stereocenters. The SMILES string of the molecule is CC1(C)OCC([C@@H]2O[C@H]3OC(C)(C)O[C@H]3[C@H]2O)O1. The summed E-state index contributed by atoms with van der Waals surface area (Å²) in [5.41, 5.74) is 0. The highest BCUT2D eigenvalue weighted by Crippen LogP contribution is 2.40. The van der Waals surface area contributed by atoms with Gasteiger partial charge in [0.1, 0.15) is 24.4 Å². The highest BCUT2D eigenvalue weighted by atomic mass is 16.8. The van der Waals surface area contributed by atoms with Crippen molar-refractivity contribution < 1.29 is 28.8 Å². The average Bonchev–Trinajstić information content (AvgIpc) is 2.81. The molecule has 6 heteroatoms. The van der Waals surface area contributed by atoms with Gasteiger partial charge in [0.15, 0.2) is 17.9 Å². The number of aliphatic hydroxyl groups excluding tert-OH is 1. The Balaban J connectivity index is 1.68. The molecule has 0 bridgehead atoms. The monoisotopic (exact) mass is 260 g/mol. The van der Waals surface area contributed by atoms with E-state index in [1.807, 2.05) is 13.8 Å². The first-order valence-corrected chi connectivity index (χ1v) is 6.28. The predicted octanol–water partition coefficient (Wildman–Crippen LogP) is 0.375. The molecule has 0 spiro atoms. The lowest BCUT2D eigenvalue weighted by Gasteiger charge is -2.26. The lowest BCUT2D eigenvalue weighted by molar-refractivity contribution is -0.232. The predicted molar refractivity (Wildman–Crippen MR) is 59.6 cm³/mol. The van der Waals surface area contributed by atoms with Gasteiger partial charge < -0.3 is 28.8 Å². The van der Waals surface area contributed by atoms with Crippen LogP contribution in [0, 0.1) is 0 Å². The van der Waals surface area contributed by atoms with Crippen LogP contribution in [0.4, 0.5) is 0 Å². The lowest BCUT2D eigenvalue weighted by Crippen LogP contribution is -2.42. The van der Waals surface area contributed by atoms with Crippen LogP contribution in [0.1, 0.15) is 27.7 Å². The van der Waals surface area contributed by atoms with Gasteiger partial charge in [0.25, 0.3) is 0 Å². The van der Waals surface area contributed by atoms with Crippen LogP contribution in [0.25, 0.3) is 0 Å². The Morgan fingerprint density at radius 2 is 1.67 bits per heavy atom. The first-order valence-electron chi connectivity index (χ1n) is 6.28. The zero-order valence-corrected chi connectivity index (χ0v) is 11.1. The molecule has 3 fully saturated rings. The summed E-state index contributed by atoms with van der Waals surface area (Å²) >= 11 is 0. The minimum atomic E-state index is -0.765. The topological polar surface area (TPSA) is 66.4 Å².